The third kappa shape index (κ3) is 4.38. The number of hydrogen-bond acceptors (Lipinski definition) is 5. The molecular weight excluding hydrogens is 382 g/mol. The van der Waals surface area contributed by atoms with E-state index in [2.05, 4.69) is 0 Å². The zero-order valence-electron chi connectivity index (χ0n) is 17.6. The molecule has 160 valence electrons. The van der Waals surface area contributed by atoms with Crippen LogP contribution in [0.3, 0.4) is 0 Å². The Labute approximate surface area is 177 Å². The van der Waals surface area contributed by atoms with Gasteiger partial charge in [0.05, 0.1) is 26.4 Å². The third-order valence-corrected chi connectivity index (χ3v) is 5.87. The standard InChI is InChI=1S/C24H29NO5/c1-27-22-12-9-18(15-23(22)28-2)21-6-3-13-25(21)24(26)17-7-10-19(11-8-17)30-16-20-5-4-14-29-20/h7-12,15,20-21H,3-6,13-14,16H2,1-2H3/t20-,21-/m1/s1. The summed E-state index contributed by atoms with van der Waals surface area (Å²) >= 11 is 0. The number of methoxy groups -OCH3 is 2. The van der Waals surface area contributed by atoms with Gasteiger partial charge in [0.2, 0.25) is 0 Å². The predicted octanol–water partition coefficient (Wildman–Crippen LogP) is 4.24. The summed E-state index contributed by atoms with van der Waals surface area (Å²) in [6.07, 6.45) is 4.23. The topological polar surface area (TPSA) is 57.2 Å². The number of rotatable bonds is 7. The number of carbonyl (C=O) groups excluding carboxylic acids is 1. The molecule has 2 aliphatic heterocycles. The molecule has 0 bridgehead atoms. The summed E-state index contributed by atoms with van der Waals surface area (Å²) in [6.45, 7) is 2.12. The molecule has 6 nitrogen and oxygen atoms in total. The van der Waals surface area contributed by atoms with Crippen molar-refractivity contribution in [2.75, 3.05) is 34.0 Å². The van der Waals surface area contributed by atoms with E-state index in [4.69, 9.17) is 18.9 Å². The fourth-order valence-corrected chi connectivity index (χ4v) is 4.24. The number of ether oxygens (including phenoxy) is 4. The maximum Gasteiger partial charge on any atom is 0.254 e. The van der Waals surface area contributed by atoms with E-state index in [9.17, 15) is 4.79 Å². The van der Waals surface area contributed by atoms with Crippen molar-refractivity contribution in [1.82, 2.24) is 4.90 Å². The smallest absolute Gasteiger partial charge is 0.254 e. The molecule has 0 aliphatic carbocycles. The molecule has 0 radical (unpaired) electrons. The number of hydrogen-bond donors (Lipinski definition) is 0. The molecule has 2 atom stereocenters. The Hall–Kier alpha value is -2.73. The Morgan fingerprint density at radius 3 is 2.53 bits per heavy atom. The zero-order chi connectivity index (χ0) is 20.9. The minimum atomic E-state index is 0.0350. The lowest BCUT2D eigenvalue weighted by Crippen LogP contribution is -2.30. The number of likely N-dealkylation sites (tertiary alicyclic amines) is 1. The van der Waals surface area contributed by atoms with E-state index in [1.165, 1.54) is 0 Å². The van der Waals surface area contributed by atoms with E-state index in [-0.39, 0.29) is 18.1 Å². The Morgan fingerprint density at radius 1 is 1.03 bits per heavy atom. The molecule has 2 heterocycles. The quantitative estimate of drug-likeness (QED) is 0.682. The van der Waals surface area contributed by atoms with Gasteiger partial charge < -0.3 is 23.8 Å². The monoisotopic (exact) mass is 411 g/mol. The molecule has 4 rings (SSSR count). The third-order valence-electron chi connectivity index (χ3n) is 5.87. The molecule has 2 aromatic rings. The van der Waals surface area contributed by atoms with Crippen LogP contribution in [0.1, 0.15) is 47.6 Å². The van der Waals surface area contributed by atoms with Crippen molar-refractivity contribution < 1.29 is 23.7 Å². The van der Waals surface area contributed by atoms with Gasteiger partial charge in [-0.2, -0.15) is 0 Å². The molecule has 2 aromatic carbocycles. The van der Waals surface area contributed by atoms with Crippen LogP contribution in [0.2, 0.25) is 0 Å². The maximum absolute atomic E-state index is 13.2. The van der Waals surface area contributed by atoms with Crippen LogP contribution in [0.25, 0.3) is 0 Å². The molecule has 0 aromatic heterocycles. The highest BCUT2D eigenvalue weighted by atomic mass is 16.5. The number of nitrogens with zero attached hydrogens (tertiary/aromatic N) is 1. The van der Waals surface area contributed by atoms with Crippen LogP contribution in [-0.2, 0) is 4.74 Å². The first-order valence-electron chi connectivity index (χ1n) is 10.6. The van der Waals surface area contributed by atoms with Crippen molar-refractivity contribution in [3.63, 3.8) is 0 Å². The SMILES string of the molecule is COc1ccc([C@H]2CCCN2C(=O)c2ccc(OC[C@H]3CCCO3)cc2)cc1OC. The Balaban J connectivity index is 1.44. The van der Waals surface area contributed by atoms with E-state index in [0.717, 1.165) is 50.1 Å². The average molecular weight is 411 g/mol. The van der Waals surface area contributed by atoms with Crippen molar-refractivity contribution in [3.05, 3.63) is 53.6 Å². The lowest BCUT2D eigenvalue weighted by atomic mass is 10.0. The van der Waals surface area contributed by atoms with Gasteiger partial charge in [-0.1, -0.05) is 6.07 Å². The van der Waals surface area contributed by atoms with E-state index in [1.54, 1.807) is 14.2 Å². The lowest BCUT2D eigenvalue weighted by molar-refractivity contribution is 0.0678. The summed E-state index contributed by atoms with van der Waals surface area (Å²) in [5.41, 5.74) is 1.74. The second kappa shape index (κ2) is 9.39. The summed E-state index contributed by atoms with van der Waals surface area (Å²) < 4.78 is 22.2. The van der Waals surface area contributed by atoms with Crippen molar-refractivity contribution in [3.8, 4) is 17.2 Å². The number of benzene rings is 2. The first-order chi connectivity index (χ1) is 14.7. The summed E-state index contributed by atoms with van der Waals surface area (Å²) in [5, 5.41) is 0. The van der Waals surface area contributed by atoms with Gasteiger partial charge in [0, 0.05) is 18.7 Å². The fraction of sp³-hybridized carbons (Fsp3) is 0.458. The summed E-state index contributed by atoms with van der Waals surface area (Å²) in [6, 6.07) is 13.3. The molecule has 0 N–H and O–H groups in total. The van der Waals surface area contributed by atoms with Crippen LogP contribution in [0, 0.1) is 0 Å². The van der Waals surface area contributed by atoms with E-state index >= 15 is 0 Å². The van der Waals surface area contributed by atoms with Gasteiger partial charge in [-0.25, -0.2) is 0 Å². The van der Waals surface area contributed by atoms with Gasteiger partial charge >= 0.3 is 0 Å². The van der Waals surface area contributed by atoms with E-state index in [0.29, 0.717) is 23.7 Å². The lowest BCUT2D eigenvalue weighted by Gasteiger charge is -2.26. The average Bonchev–Trinajstić information content (AvgIpc) is 3.49. The Morgan fingerprint density at radius 2 is 1.83 bits per heavy atom. The molecule has 2 saturated heterocycles. The normalized spacial score (nSPS) is 20.9. The fourth-order valence-electron chi connectivity index (χ4n) is 4.24. The van der Waals surface area contributed by atoms with Crippen LogP contribution in [-0.4, -0.2) is 50.9 Å². The van der Waals surface area contributed by atoms with Gasteiger partial charge in [-0.15, -0.1) is 0 Å². The van der Waals surface area contributed by atoms with Gasteiger partial charge in [-0.3, -0.25) is 4.79 Å². The largest absolute Gasteiger partial charge is 0.493 e. The molecule has 1 amide bonds. The Kier molecular flexibility index (Phi) is 6.43. The molecular formula is C24H29NO5. The Bertz CT molecular complexity index is 860. The van der Waals surface area contributed by atoms with Crippen molar-refractivity contribution >= 4 is 5.91 Å². The van der Waals surface area contributed by atoms with Crippen molar-refractivity contribution in [2.45, 2.75) is 37.8 Å². The highest BCUT2D eigenvalue weighted by molar-refractivity contribution is 5.94. The zero-order valence-corrected chi connectivity index (χ0v) is 17.6. The molecule has 0 saturated carbocycles. The molecule has 0 unspecified atom stereocenters. The first-order valence-corrected chi connectivity index (χ1v) is 10.6. The molecule has 6 heteroatoms. The van der Waals surface area contributed by atoms with Crippen LogP contribution >= 0.6 is 0 Å². The summed E-state index contributed by atoms with van der Waals surface area (Å²) in [5.74, 6) is 2.18. The van der Waals surface area contributed by atoms with E-state index < -0.39 is 0 Å². The van der Waals surface area contributed by atoms with Crippen LogP contribution in [0.4, 0.5) is 0 Å². The summed E-state index contributed by atoms with van der Waals surface area (Å²) in [4.78, 5) is 15.1. The molecule has 2 fully saturated rings. The minimum absolute atomic E-state index is 0.0350. The van der Waals surface area contributed by atoms with E-state index in [1.807, 2.05) is 47.4 Å². The number of amides is 1. The number of carbonyl (C=O) groups is 1. The molecule has 0 spiro atoms. The summed E-state index contributed by atoms with van der Waals surface area (Å²) in [7, 11) is 3.25. The highest BCUT2D eigenvalue weighted by Gasteiger charge is 2.31. The van der Waals surface area contributed by atoms with Crippen LogP contribution < -0.4 is 14.2 Å². The molecule has 30 heavy (non-hydrogen) atoms. The minimum Gasteiger partial charge on any atom is -0.493 e. The van der Waals surface area contributed by atoms with Crippen molar-refractivity contribution in [1.29, 1.82) is 0 Å². The highest BCUT2D eigenvalue weighted by Crippen LogP contribution is 2.37. The molecule has 2 aliphatic rings. The second-order valence-corrected chi connectivity index (χ2v) is 7.74. The van der Waals surface area contributed by atoms with Crippen molar-refractivity contribution in [2.24, 2.45) is 0 Å². The van der Waals surface area contributed by atoms with Crippen LogP contribution in [0.15, 0.2) is 42.5 Å². The van der Waals surface area contributed by atoms with Gasteiger partial charge in [0.15, 0.2) is 11.5 Å². The first kappa shape index (κ1) is 20.5. The maximum atomic E-state index is 13.2. The van der Waals surface area contributed by atoms with Gasteiger partial charge in [0.1, 0.15) is 12.4 Å². The second-order valence-electron chi connectivity index (χ2n) is 7.74. The van der Waals surface area contributed by atoms with Crippen LogP contribution in [0.5, 0.6) is 17.2 Å². The van der Waals surface area contributed by atoms with Gasteiger partial charge in [-0.05, 0) is 67.6 Å². The van der Waals surface area contributed by atoms with Gasteiger partial charge in [0.25, 0.3) is 5.91 Å². The predicted molar refractivity (Wildman–Crippen MR) is 113 cm³/mol.